The Labute approximate surface area is 126 Å². The molecule has 108 valence electrons. The van der Waals surface area contributed by atoms with E-state index in [-0.39, 0.29) is 0 Å². The fourth-order valence-corrected chi connectivity index (χ4v) is 3.87. The third-order valence-electron chi connectivity index (χ3n) is 3.78. The topological polar surface area (TPSA) is 70.6 Å². The summed E-state index contributed by atoms with van der Waals surface area (Å²) in [5.41, 5.74) is 2.07. The third-order valence-corrected chi connectivity index (χ3v) is 4.92. The SMILES string of the molecule is CN(Cc1nc2c(s1)CCCC2)c1ncc2cn[nH]c2n1. The quantitative estimate of drug-likeness (QED) is 0.804. The minimum absolute atomic E-state index is 0.694. The molecule has 0 spiro atoms. The van der Waals surface area contributed by atoms with Crippen molar-refractivity contribution >= 4 is 28.3 Å². The van der Waals surface area contributed by atoms with Gasteiger partial charge in [-0.25, -0.2) is 9.97 Å². The molecular weight excluding hydrogens is 284 g/mol. The van der Waals surface area contributed by atoms with Gasteiger partial charge >= 0.3 is 0 Å². The number of anilines is 1. The van der Waals surface area contributed by atoms with Crippen molar-refractivity contribution in [2.24, 2.45) is 0 Å². The first kappa shape index (κ1) is 12.7. The molecule has 0 amide bonds. The van der Waals surface area contributed by atoms with E-state index in [2.05, 4.69) is 20.2 Å². The van der Waals surface area contributed by atoms with E-state index in [0.717, 1.165) is 29.0 Å². The third kappa shape index (κ3) is 2.37. The summed E-state index contributed by atoms with van der Waals surface area (Å²) in [5, 5.41) is 8.93. The van der Waals surface area contributed by atoms with Crippen LogP contribution >= 0.6 is 11.3 Å². The second-order valence-electron chi connectivity index (χ2n) is 5.38. The molecule has 0 aliphatic heterocycles. The van der Waals surface area contributed by atoms with Gasteiger partial charge in [0, 0.05) is 18.1 Å². The van der Waals surface area contributed by atoms with Gasteiger partial charge in [-0.1, -0.05) is 0 Å². The van der Waals surface area contributed by atoms with Crippen LogP contribution in [-0.4, -0.2) is 32.2 Å². The largest absolute Gasteiger partial charge is 0.337 e. The van der Waals surface area contributed by atoms with E-state index in [1.807, 2.05) is 23.3 Å². The predicted molar refractivity (Wildman–Crippen MR) is 82.5 cm³/mol. The molecule has 0 aromatic carbocycles. The summed E-state index contributed by atoms with van der Waals surface area (Å²) < 4.78 is 0. The smallest absolute Gasteiger partial charge is 0.227 e. The van der Waals surface area contributed by atoms with Crippen LogP contribution in [0.2, 0.25) is 0 Å². The van der Waals surface area contributed by atoms with Crippen molar-refractivity contribution in [1.82, 2.24) is 25.1 Å². The van der Waals surface area contributed by atoms with Gasteiger partial charge in [-0.3, -0.25) is 5.10 Å². The highest BCUT2D eigenvalue weighted by atomic mass is 32.1. The highest BCUT2D eigenvalue weighted by Gasteiger charge is 2.16. The molecule has 6 nitrogen and oxygen atoms in total. The number of fused-ring (bicyclic) bond motifs is 2. The number of nitrogens with one attached hydrogen (secondary N) is 1. The lowest BCUT2D eigenvalue weighted by Gasteiger charge is -2.14. The number of aryl methyl sites for hydroxylation is 2. The average Bonchev–Trinajstić information content (AvgIpc) is 3.11. The number of nitrogens with zero attached hydrogens (tertiary/aromatic N) is 5. The molecule has 0 saturated carbocycles. The normalized spacial score (nSPS) is 14.3. The predicted octanol–water partition coefficient (Wildman–Crippen LogP) is 2.32. The fraction of sp³-hybridized carbons (Fsp3) is 0.429. The van der Waals surface area contributed by atoms with Gasteiger partial charge in [0.25, 0.3) is 0 Å². The van der Waals surface area contributed by atoms with E-state index in [1.165, 1.54) is 29.8 Å². The fourth-order valence-electron chi connectivity index (χ4n) is 2.66. The molecule has 1 aliphatic carbocycles. The van der Waals surface area contributed by atoms with Gasteiger partial charge in [0.2, 0.25) is 5.95 Å². The number of hydrogen-bond donors (Lipinski definition) is 1. The zero-order valence-corrected chi connectivity index (χ0v) is 12.7. The lowest BCUT2D eigenvalue weighted by Crippen LogP contribution is -2.19. The first-order valence-corrected chi connectivity index (χ1v) is 7.96. The molecule has 1 aliphatic rings. The molecular formula is C14H16N6S. The number of aromatic nitrogens is 5. The minimum atomic E-state index is 0.694. The van der Waals surface area contributed by atoms with Crippen LogP contribution in [0.25, 0.3) is 11.0 Å². The molecule has 3 aromatic heterocycles. The van der Waals surface area contributed by atoms with E-state index in [1.54, 1.807) is 12.4 Å². The van der Waals surface area contributed by atoms with Crippen LogP contribution in [0.3, 0.4) is 0 Å². The van der Waals surface area contributed by atoms with Crippen LogP contribution in [0.1, 0.15) is 28.4 Å². The first-order valence-electron chi connectivity index (χ1n) is 7.14. The zero-order chi connectivity index (χ0) is 14.2. The Bertz CT molecular complexity index is 753. The Morgan fingerprint density at radius 1 is 1.24 bits per heavy atom. The molecule has 4 rings (SSSR count). The van der Waals surface area contributed by atoms with Crippen LogP contribution in [-0.2, 0) is 19.4 Å². The molecule has 0 unspecified atom stereocenters. The second-order valence-corrected chi connectivity index (χ2v) is 6.55. The summed E-state index contributed by atoms with van der Waals surface area (Å²) in [7, 11) is 2.00. The lowest BCUT2D eigenvalue weighted by atomic mass is 10.0. The number of aromatic amines is 1. The van der Waals surface area contributed by atoms with Gasteiger partial charge in [0.05, 0.1) is 23.8 Å². The Hall–Kier alpha value is -2.02. The molecule has 0 saturated heterocycles. The van der Waals surface area contributed by atoms with Crippen LogP contribution in [0.4, 0.5) is 5.95 Å². The molecule has 0 bridgehead atoms. The van der Waals surface area contributed by atoms with Crippen LogP contribution in [0.15, 0.2) is 12.4 Å². The van der Waals surface area contributed by atoms with Gasteiger partial charge in [-0.2, -0.15) is 10.1 Å². The van der Waals surface area contributed by atoms with Crippen LogP contribution in [0, 0.1) is 0 Å². The number of hydrogen-bond acceptors (Lipinski definition) is 6. The number of thiazole rings is 1. The van der Waals surface area contributed by atoms with E-state index < -0.39 is 0 Å². The Morgan fingerprint density at radius 2 is 2.14 bits per heavy atom. The van der Waals surface area contributed by atoms with Crippen molar-refractivity contribution in [2.75, 3.05) is 11.9 Å². The maximum absolute atomic E-state index is 4.77. The molecule has 3 aromatic rings. The second kappa shape index (κ2) is 5.07. The Balaban J connectivity index is 1.56. The van der Waals surface area contributed by atoms with Crippen LogP contribution in [0.5, 0.6) is 0 Å². The van der Waals surface area contributed by atoms with Crippen molar-refractivity contribution in [3.8, 4) is 0 Å². The molecule has 3 heterocycles. The van der Waals surface area contributed by atoms with Gasteiger partial charge in [-0.15, -0.1) is 11.3 Å². The average molecular weight is 300 g/mol. The van der Waals surface area contributed by atoms with Gasteiger partial charge < -0.3 is 4.90 Å². The van der Waals surface area contributed by atoms with Crippen molar-refractivity contribution < 1.29 is 0 Å². The lowest BCUT2D eigenvalue weighted by molar-refractivity contribution is 0.680. The van der Waals surface area contributed by atoms with Crippen molar-refractivity contribution in [3.05, 3.63) is 28.0 Å². The molecule has 1 N–H and O–H groups in total. The van der Waals surface area contributed by atoms with Crippen molar-refractivity contribution in [2.45, 2.75) is 32.2 Å². The minimum Gasteiger partial charge on any atom is -0.337 e. The molecule has 0 radical (unpaired) electrons. The standard InChI is InChI=1S/C14H16N6S/c1-20(14-15-6-9-7-16-19-13(9)18-14)8-12-17-10-4-2-3-5-11(10)21-12/h6-7H,2-5,8H2,1H3,(H,15,16,18,19). The van der Waals surface area contributed by atoms with Crippen LogP contribution < -0.4 is 4.90 Å². The van der Waals surface area contributed by atoms with Gasteiger partial charge in [0.1, 0.15) is 5.01 Å². The summed E-state index contributed by atoms with van der Waals surface area (Å²) in [5.74, 6) is 0.694. The van der Waals surface area contributed by atoms with Gasteiger partial charge in [-0.05, 0) is 25.7 Å². The Morgan fingerprint density at radius 3 is 3.05 bits per heavy atom. The maximum Gasteiger partial charge on any atom is 0.227 e. The molecule has 0 atom stereocenters. The monoisotopic (exact) mass is 300 g/mol. The van der Waals surface area contributed by atoms with E-state index in [0.29, 0.717) is 5.95 Å². The van der Waals surface area contributed by atoms with E-state index in [4.69, 9.17) is 4.98 Å². The zero-order valence-electron chi connectivity index (χ0n) is 11.8. The van der Waals surface area contributed by atoms with E-state index in [9.17, 15) is 0 Å². The highest BCUT2D eigenvalue weighted by molar-refractivity contribution is 7.11. The number of H-pyrrole nitrogens is 1. The summed E-state index contributed by atoms with van der Waals surface area (Å²) in [6.07, 6.45) is 8.41. The van der Waals surface area contributed by atoms with Crippen molar-refractivity contribution in [1.29, 1.82) is 0 Å². The molecule has 21 heavy (non-hydrogen) atoms. The maximum atomic E-state index is 4.77. The summed E-state index contributed by atoms with van der Waals surface area (Å²) in [6, 6.07) is 0. The Kier molecular flexibility index (Phi) is 3.07. The number of rotatable bonds is 3. The highest BCUT2D eigenvalue weighted by Crippen LogP contribution is 2.27. The van der Waals surface area contributed by atoms with E-state index >= 15 is 0 Å². The van der Waals surface area contributed by atoms with Crippen molar-refractivity contribution in [3.63, 3.8) is 0 Å². The molecule has 0 fully saturated rings. The summed E-state index contributed by atoms with van der Waals surface area (Å²) >= 11 is 1.84. The van der Waals surface area contributed by atoms with Gasteiger partial charge in [0.15, 0.2) is 5.65 Å². The first-order chi connectivity index (χ1) is 10.3. The summed E-state index contributed by atoms with van der Waals surface area (Å²) in [4.78, 5) is 17.1. The molecule has 7 heteroatoms. The summed E-state index contributed by atoms with van der Waals surface area (Å²) in [6.45, 7) is 0.747.